The predicted octanol–water partition coefficient (Wildman–Crippen LogP) is 5.89. The smallest absolute Gasteiger partial charge is 0.262 e. The molecule has 0 unspecified atom stereocenters. The van der Waals surface area contributed by atoms with E-state index in [1.165, 1.54) is 17.7 Å². The van der Waals surface area contributed by atoms with Gasteiger partial charge in [-0.25, -0.2) is 4.39 Å². The van der Waals surface area contributed by atoms with Gasteiger partial charge in [-0.1, -0.05) is 57.2 Å². The number of hydrogen-bond acceptors (Lipinski definition) is 2. The van der Waals surface area contributed by atoms with Crippen LogP contribution in [0.15, 0.2) is 72.8 Å². The summed E-state index contributed by atoms with van der Waals surface area (Å²) in [4.78, 5) is 15.1. The molecule has 3 nitrogen and oxygen atoms in total. The molecule has 0 radical (unpaired) electrons. The Balaban J connectivity index is 1.81. The normalized spacial score (nSPS) is 16.5. The molecule has 3 aromatic carbocycles. The first kappa shape index (κ1) is 18.2. The van der Waals surface area contributed by atoms with E-state index in [2.05, 4.69) is 38.2 Å². The van der Waals surface area contributed by atoms with E-state index in [0.29, 0.717) is 5.56 Å². The van der Waals surface area contributed by atoms with Crippen molar-refractivity contribution >= 4 is 17.3 Å². The van der Waals surface area contributed by atoms with Crippen LogP contribution in [-0.4, -0.2) is 5.91 Å². The van der Waals surface area contributed by atoms with Gasteiger partial charge in [0.25, 0.3) is 5.91 Å². The molecule has 4 rings (SSSR count). The van der Waals surface area contributed by atoms with Crippen molar-refractivity contribution in [3.05, 3.63) is 95.3 Å². The second-order valence-electron chi connectivity index (χ2n) is 8.12. The number of rotatable bonds is 2. The highest BCUT2D eigenvalue weighted by molar-refractivity contribution is 6.12. The minimum Gasteiger partial charge on any atom is -0.360 e. The summed E-state index contributed by atoms with van der Waals surface area (Å²) in [7, 11) is 0. The fourth-order valence-corrected chi connectivity index (χ4v) is 3.52. The molecule has 0 aromatic heterocycles. The van der Waals surface area contributed by atoms with Crippen LogP contribution in [0.4, 0.5) is 15.8 Å². The number of anilines is 2. The summed E-state index contributed by atoms with van der Waals surface area (Å²) < 4.78 is 13.4. The topological polar surface area (TPSA) is 32.3 Å². The van der Waals surface area contributed by atoms with Gasteiger partial charge in [0.2, 0.25) is 0 Å². The lowest BCUT2D eigenvalue weighted by Crippen LogP contribution is -2.43. The average molecular weight is 374 g/mol. The highest BCUT2D eigenvalue weighted by atomic mass is 19.1. The minimum absolute atomic E-state index is 0.0334. The summed E-state index contributed by atoms with van der Waals surface area (Å²) >= 11 is 0. The zero-order chi connectivity index (χ0) is 19.9. The molecule has 0 fully saturated rings. The molecule has 0 spiro atoms. The van der Waals surface area contributed by atoms with Crippen LogP contribution in [0.1, 0.15) is 48.4 Å². The first-order valence-corrected chi connectivity index (χ1v) is 9.40. The Hall–Kier alpha value is -3.14. The Kier molecular flexibility index (Phi) is 4.42. The zero-order valence-electron chi connectivity index (χ0n) is 16.2. The Labute approximate surface area is 164 Å². The van der Waals surface area contributed by atoms with Crippen molar-refractivity contribution in [2.75, 3.05) is 10.2 Å². The number of halogens is 1. The molecule has 1 atom stereocenters. The summed E-state index contributed by atoms with van der Waals surface area (Å²) in [6, 6.07) is 21.8. The molecule has 0 bridgehead atoms. The highest BCUT2D eigenvalue weighted by Gasteiger charge is 2.34. The molecule has 1 aliphatic rings. The van der Waals surface area contributed by atoms with Gasteiger partial charge < -0.3 is 5.32 Å². The van der Waals surface area contributed by atoms with Crippen molar-refractivity contribution in [3.63, 3.8) is 0 Å². The van der Waals surface area contributed by atoms with Crippen molar-refractivity contribution in [3.8, 4) is 0 Å². The molecule has 1 aliphatic heterocycles. The van der Waals surface area contributed by atoms with Crippen LogP contribution in [0.3, 0.4) is 0 Å². The van der Waals surface area contributed by atoms with E-state index in [1.54, 1.807) is 17.0 Å². The number of amides is 1. The molecule has 28 heavy (non-hydrogen) atoms. The standard InChI is InChI=1S/C24H23FN2O/c1-24(2,3)17-10-14-19(15-11-17)27-22(16-8-12-18(25)13-9-16)26-21-7-5-4-6-20(21)23(27)28/h4-15,22,26H,1-3H3/t22-/m0/s1. The molecule has 0 saturated heterocycles. The van der Waals surface area contributed by atoms with Crippen LogP contribution in [0, 0.1) is 5.82 Å². The second kappa shape index (κ2) is 6.79. The van der Waals surface area contributed by atoms with Crippen LogP contribution < -0.4 is 10.2 Å². The van der Waals surface area contributed by atoms with Gasteiger partial charge in [-0.3, -0.25) is 9.69 Å². The number of nitrogens with one attached hydrogen (secondary N) is 1. The maximum atomic E-state index is 13.4. The van der Waals surface area contributed by atoms with E-state index in [1.807, 2.05) is 36.4 Å². The molecule has 0 saturated carbocycles. The van der Waals surface area contributed by atoms with E-state index in [0.717, 1.165) is 16.9 Å². The lowest BCUT2D eigenvalue weighted by atomic mass is 9.87. The second-order valence-corrected chi connectivity index (χ2v) is 8.12. The van der Waals surface area contributed by atoms with Crippen LogP contribution in [0.5, 0.6) is 0 Å². The molecule has 1 heterocycles. The molecule has 1 N–H and O–H groups in total. The molecule has 4 heteroatoms. The summed E-state index contributed by atoms with van der Waals surface area (Å²) in [6.45, 7) is 6.48. The van der Waals surface area contributed by atoms with Crippen molar-refractivity contribution in [1.82, 2.24) is 0 Å². The summed E-state index contributed by atoms with van der Waals surface area (Å²) in [6.07, 6.45) is -0.413. The predicted molar refractivity (Wildman–Crippen MR) is 111 cm³/mol. The van der Waals surface area contributed by atoms with Gasteiger partial charge in [0, 0.05) is 11.4 Å². The third-order valence-corrected chi connectivity index (χ3v) is 5.12. The van der Waals surface area contributed by atoms with Gasteiger partial charge in [0.15, 0.2) is 0 Å². The van der Waals surface area contributed by atoms with E-state index in [9.17, 15) is 9.18 Å². The minimum atomic E-state index is -0.413. The highest BCUT2D eigenvalue weighted by Crippen LogP contribution is 2.37. The largest absolute Gasteiger partial charge is 0.360 e. The lowest BCUT2D eigenvalue weighted by Gasteiger charge is -2.38. The van der Waals surface area contributed by atoms with Gasteiger partial charge in [-0.2, -0.15) is 0 Å². The van der Waals surface area contributed by atoms with Gasteiger partial charge in [0.05, 0.1) is 5.56 Å². The zero-order valence-corrected chi connectivity index (χ0v) is 16.2. The molecular formula is C24H23FN2O. The maximum absolute atomic E-state index is 13.4. The molecular weight excluding hydrogens is 351 g/mol. The Morgan fingerprint density at radius 2 is 1.54 bits per heavy atom. The number of hydrogen-bond donors (Lipinski definition) is 1. The fraction of sp³-hybridized carbons (Fsp3) is 0.208. The van der Waals surface area contributed by atoms with Crippen molar-refractivity contribution < 1.29 is 9.18 Å². The first-order chi connectivity index (χ1) is 13.3. The summed E-state index contributed by atoms with van der Waals surface area (Å²) in [5.41, 5.74) is 4.27. The summed E-state index contributed by atoms with van der Waals surface area (Å²) in [5.74, 6) is -0.375. The van der Waals surface area contributed by atoms with Crippen LogP contribution in [0.2, 0.25) is 0 Å². The lowest BCUT2D eigenvalue weighted by molar-refractivity contribution is 0.0975. The van der Waals surface area contributed by atoms with Crippen LogP contribution in [-0.2, 0) is 5.41 Å². The van der Waals surface area contributed by atoms with E-state index < -0.39 is 6.17 Å². The van der Waals surface area contributed by atoms with Crippen molar-refractivity contribution in [2.24, 2.45) is 0 Å². The van der Waals surface area contributed by atoms with Gasteiger partial charge in [-0.15, -0.1) is 0 Å². The van der Waals surface area contributed by atoms with E-state index >= 15 is 0 Å². The number of benzene rings is 3. The third kappa shape index (κ3) is 3.26. The number of nitrogens with zero attached hydrogens (tertiary/aromatic N) is 1. The Morgan fingerprint density at radius 1 is 0.893 bits per heavy atom. The van der Waals surface area contributed by atoms with Gasteiger partial charge in [0.1, 0.15) is 12.0 Å². The summed E-state index contributed by atoms with van der Waals surface area (Å²) in [5, 5.41) is 3.44. The number of para-hydroxylation sites is 1. The molecule has 142 valence electrons. The first-order valence-electron chi connectivity index (χ1n) is 9.40. The number of carbonyl (C=O) groups excluding carboxylic acids is 1. The molecule has 0 aliphatic carbocycles. The third-order valence-electron chi connectivity index (χ3n) is 5.12. The van der Waals surface area contributed by atoms with E-state index in [-0.39, 0.29) is 17.1 Å². The van der Waals surface area contributed by atoms with Gasteiger partial charge >= 0.3 is 0 Å². The number of carbonyl (C=O) groups is 1. The molecule has 1 amide bonds. The maximum Gasteiger partial charge on any atom is 0.262 e. The average Bonchev–Trinajstić information content (AvgIpc) is 2.68. The van der Waals surface area contributed by atoms with Crippen LogP contribution >= 0.6 is 0 Å². The van der Waals surface area contributed by atoms with Crippen LogP contribution in [0.25, 0.3) is 0 Å². The SMILES string of the molecule is CC(C)(C)c1ccc(N2C(=O)c3ccccc3N[C@@H]2c2ccc(F)cc2)cc1. The van der Waals surface area contributed by atoms with Gasteiger partial charge in [-0.05, 0) is 52.9 Å². The monoisotopic (exact) mass is 374 g/mol. The van der Waals surface area contributed by atoms with Crippen molar-refractivity contribution in [2.45, 2.75) is 32.4 Å². The molecule has 3 aromatic rings. The number of fused-ring (bicyclic) bond motifs is 1. The van der Waals surface area contributed by atoms with Crippen molar-refractivity contribution in [1.29, 1.82) is 0 Å². The quantitative estimate of drug-likeness (QED) is 0.606. The van der Waals surface area contributed by atoms with E-state index in [4.69, 9.17) is 0 Å². The Morgan fingerprint density at radius 3 is 2.18 bits per heavy atom. The fourth-order valence-electron chi connectivity index (χ4n) is 3.52. The Bertz CT molecular complexity index is 1000.